The zero-order valence-corrected chi connectivity index (χ0v) is 20.7. The van der Waals surface area contributed by atoms with Crippen molar-refractivity contribution in [1.29, 1.82) is 0 Å². The van der Waals surface area contributed by atoms with Gasteiger partial charge in [0.25, 0.3) is 0 Å². The van der Waals surface area contributed by atoms with Gasteiger partial charge in [-0.25, -0.2) is 9.59 Å². The number of carbonyl (C=O) groups is 2. The molecule has 0 radical (unpaired) electrons. The number of phenols is 1. The predicted molar refractivity (Wildman–Crippen MR) is 128 cm³/mol. The maximum absolute atomic E-state index is 12.4. The molecule has 2 fully saturated rings. The van der Waals surface area contributed by atoms with Gasteiger partial charge in [0.05, 0.1) is 32.2 Å². The Morgan fingerprint density at radius 3 is 2.47 bits per heavy atom. The van der Waals surface area contributed by atoms with E-state index in [0.29, 0.717) is 24.0 Å². The molecule has 1 saturated heterocycles. The van der Waals surface area contributed by atoms with Gasteiger partial charge in [0.15, 0.2) is 6.29 Å². The number of hydrogen-bond acceptors (Lipinski definition) is 12. The number of aromatic hydroxyl groups is 1. The summed E-state index contributed by atoms with van der Waals surface area (Å²) in [6.07, 6.45) is -3.33. The standard InChI is InChI=1S/C26H32O12/c1-34-24(33)17-12-36-25(38-26-23(32)22(31)21(30)18(10-27)37-26)20-14(5-8-16(17)20)11-35-19(29)9-4-13-2-6-15(28)7-3-13/h2-4,6-7,9,12,14,16,18,20-23,25-28,30-32H,5,8,10-11H2,1H3/b9-4+/t14-,16-,18-,20-,21-,22+,23-,25+,26+/m0/s1. The van der Waals surface area contributed by atoms with Crippen LogP contribution >= 0.6 is 0 Å². The summed E-state index contributed by atoms with van der Waals surface area (Å²) in [5.74, 6) is -2.21. The molecular formula is C26H32O12. The molecule has 1 aromatic carbocycles. The number of hydrogen-bond donors (Lipinski definition) is 5. The third-order valence-corrected chi connectivity index (χ3v) is 7.18. The van der Waals surface area contributed by atoms with Crippen molar-refractivity contribution in [1.82, 2.24) is 0 Å². The van der Waals surface area contributed by atoms with E-state index in [9.17, 15) is 35.1 Å². The maximum Gasteiger partial charge on any atom is 0.337 e. The van der Waals surface area contributed by atoms with E-state index in [1.54, 1.807) is 18.2 Å². The molecule has 0 amide bonds. The van der Waals surface area contributed by atoms with E-state index in [4.69, 9.17) is 23.7 Å². The van der Waals surface area contributed by atoms with Gasteiger partial charge in [-0.3, -0.25) is 0 Å². The molecule has 1 aromatic rings. The first-order chi connectivity index (χ1) is 18.2. The van der Waals surface area contributed by atoms with Crippen LogP contribution < -0.4 is 0 Å². The van der Waals surface area contributed by atoms with E-state index in [0.717, 1.165) is 0 Å². The van der Waals surface area contributed by atoms with Crippen molar-refractivity contribution in [3.63, 3.8) is 0 Å². The highest BCUT2D eigenvalue weighted by Gasteiger charge is 2.52. The Hall–Kier alpha value is -3.00. The minimum atomic E-state index is -1.64. The van der Waals surface area contributed by atoms with Crippen molar-refractivity contribution in [3.05, 3.63) is 47.7 Å². The smallest absolute Gasteiger partial charge is 0.337 e. The molecule has 0 aromatic heterocycles. The number of carbonyl (C=O) groups excluding carboxylic acids is 2. The number of aliphatic hydroxyl groups is 4. The van der Waals surface area contributed by atoms with Gasteiger partial charge in [-0.1, -0.05) is 12.1 Å². The van der Waals surface area contributed by atoms with E-state index in [2.05, 4.69) is 0 Å². The first kappa shape index (κ1) is 28.0. The number of rotatable bonds is 8. The van der Waals surface area contributed by atoms with Crippen molar-refractivity contribution < 1.29 is 58.8 Å². The van der Waals surface area contributed by atoms with Crippen LogP contribution in [0.15, 0.2) is 42.2 Å². The number of benzene rings is 1. The average Bonchev–Trinajstić information content (AvgIpc) is 3.36. The van der Waals surface area contributed by atoms with Gasteiger partial charge in [-0.05, 0) is 36.6 Å². The molecule has 1 aliphatic carbocycles. The van der Waals surface area contributed by atoms with Crippen LogP contribution in [0, 0.1) is 17.8 Å². The number of phenolic OH excluding ortho intramolecular Hbond substituents is 1. The van der Waals surface area contributed by atoms with Gasteiger partial charge < -0.3 is 49.2 Å². The first-order valence-corrected chi connectivity index (χ1v) is 12.3. The second-order valence-corrected chi connectivity index (χ2v) is 9.48. The molecule has 208 valence electrons. The maximum atomic E-state index is 12.4. The van der Waals surface area contributed by atoms with Crippen molar-refractivity contribution in [2.24, 2.45) is 17.8 Å². The largest absolute Gasteiger partial charge is 0.508 e. The summed E-state index contributed by atoms with van der Waals surface area (Å²) in [6, 6.07) is 6.27. The molecule has 2 heterocycles. The highest BCUT2D eigenvalue weighted by Crippen LogP contribution is 2.47. The monoisotopic (exact) mass is 536 g/mol. The third-order valence-electron chi connectivity index (χ3n) is 7.18. The second-order valence-electron chi connectivity index (χ2n) is 9.48. The summed E-state index contributed by atoms with van der Waals surface area (Å²) in [4.78, 5) is 24.7. The van der Waals surface area contributed by atoms with Crippen molar-refractivity contribution in [3.8, 4) is 5.75 Å². The van der Waals surface area contributed by atoms with Crippen LogP contribution in [0.1, 0.15) is 18.4 Å². The van der Waals surface area contributed by atoms with Gasteiger partial charge in [0.1, 0.15) is 30.2 Å². The fourth-order valence-electron chi connectivity index (χ4n) is 5.13. The second kappa shape index (κ2) is 12.2. The highest BCUT2D eigenvalue weighted by molar-refractivity contribution is 5.89. The van der Waals surface area contributed by atoms with E-state index in [1.165, 1.54) is 31.6 Å². The third kappa shape index (κ3) is 6.01. The molecule has 9 atom stereocenters. The summed E-state index contributed by atoms with van der Waals surface area (Å²) in [5.41, 5.74) is 0.995. The SMILES string of the molecule is COC(=O)C1=CO[C@H](O[C@H]2O[C@@H](CO)[C@H](O)[C@@H](O)[C@@H]2O)[C@H]2[C@H](COC(=O)/C=C/c3ccc(O)cc3)CC[C@@H]12. The van der Waals surface area contributed by atoms with Crippen LogP contribution in [0.2, 0.25) is 0 Å². The van der Waals surface area contributed by atoms with Gasteiger partial charge >= 0.3 is 11.9 Å². The molecule has 0 bridgehead atoms. The van der Waals surface area contributed by atoms with Crippen molar-refractivity contribution in [2.45, 2.75) is 49.8 Å². The van der Waals surface area contributed by atoms with Crippen LogP contribution in [0.25, 0.3) is 6.08 Å². The lowest BCUT2D eigenvalue weighted by atomic mass is 9.83. The zero-order chi connectivity index (χ0) is 27.4. The van der Waals surface area contributed by atoms with Crippen LogP contribution in [-0.2, 0) is 33.3 Å². The van der Waals surface area contributed by atoms with Gasteiger partial charge in [0, 0.05) is 23.8 Å². The normalized spacial score (nSPS) is 34.8. The average molecular weight is 537 g/mol. The molecule has 0 unspecified atom stereocenters. The van der Waals surface area contributed by atoms with Crippen molar-refractivity contribution >= 4 is 18.0 Å². The number of fused-ring (bicyclic) bond motifs is 1. The van der Waals surface area contributed by atoms with Crippen LogP contribution in [0.3, 0.4) is 0 Å². The lowest BCUT2D eigenvalue weighted by Crippen LogP contribution is -2.60. The molecular weight excluding hydrogens is 504 g/mol. The minimum Gasteiger partial charge on any atom is -0.508 e. The van der Waals surface area contributed by atoms with Gasteiger partial charge in [-0.2, -0.15) is 0 Å². The molecule has 0 spiro atoms. The van der Waals surface area contributed by atoms with Crippen LogP contribution in [-0.4, -0.2) is 94.8 Å². The lowest BCUT2D eigenvalue weighted by molar-refractivity contribution is -0.342. The summed E-state index contributed by atoms with van der Waals surface area (Å²) in [5, 5.41) is 49.4. The van der Waals surface area contributed by atoms with E-state index in [-0.39, 0.29) is 24.2 Å². The molecule has 2 aliphatic heterocycles. The first-order valence-electron chi connectivity index (χ1n) is 12.3. The number of esters is 2. The summed E-state index contributed by atoms with van der Waals surface area (Å²) in [7, 11) is 1.25. The highest BCUT2D eigenvalue weighted by atomic mass is 16.8. The zero-order valence-electron chi connectivity index (χ0n) is 20.7. The Morgan fingerprint density at radius 1 is 1.05 bits per heavy atom. The Bertz CT molecular complexity index is 1040. The Balaban J connectivity index is 1.46. The number of ether oxygens (including phenoxy) is 5. The Labute approximate surface area is 218 Å². The van der Waals surface area contributed by atoms with Gasteiger partial charge in [0.2, 0.25) is 6.29 Å². The Kier molecular flexibility index (Phi) is 9.03. The predicted octanol–water partition coefficient (Wildman–Crippen LogP) is -0.179. The number of methoxy groups -OCH3 is 1. The minimum absolute atomic E-state index is 0.00767. The number of aliphatic hydroxyl groups excluding tert-OH is 4. The summed E-state index contributed by atoms with van der Waals surface area (Å²) in [6.45, 7) is -0.628. The van der Waals surface area contributed by atoms with Gasteiger partial charge in [-0.15, -0.1) is 0 Å². The Morgan fingerprint density at radius 2 is 1.79 bits per heavy atom. The van der Waals surface area contributed by atoms with Crippen LogP contribution in [0.5, 0.6) is 5.75 Å². The van der Waals surface area contributed by atoms with Crippen LogP contribution in [0.4, 0.5) is 0 Å². The fourth-order valence-corrected chi connectivity index (χ4v) is 5.13. The molecule has 38 heavy (non-hydrogen) atoms. The van der Waals surface area contributed by atoms with E-state index < -0.39 is 61.5 Å². The lowest BCUT2D eigenvalue weighted by Gasteiger charge is -2.43. The quantitative estimate of drug-likeness (QED) is 0.219. The molecule has 4 rings (SSSR count). The molecule has 12 nitrogen and oxygen atoms in total. The fraction of sp³-hybridized carbons (Fsp3) is 0.538. The topological polar surface area (TPSA) is 181 Å². The molecule has 3 aliphatic rings. The molecule has 12 heteroatoms. The molecule has 1 saturated carbocycles. The summed E-state index contributed by atoms with van der Waals surface area (Å²) >= 11 is 0. The van der Waals surface area contributed by atoms with E-state index >= 15 is 0 Å². The van der Waals surface area contributed by atoms with E-state index in [1.807, 2.05) is 0 Å². The van der Waals surface area contributed by atoms with Crippen molar-refractivity contribution in [2.75, 3.05) is 20.3 Å². The summed E-state index contributed by atoms with van der Waals surface area (Å²) < 4.78 is 27.4. The molecule has 5 N–H and O–H groups in total.